The van der Waals surface area contributed by atoms with Gasteiger partial charge in [-0.1, -0.05) is 58.3 Å². The van der Waals surface area contributed by atoms with Crippen LogP contribution < -0.4 is 0 Å². The fraction of sp³-hybridized carbons (Fsp3) is 1.00. The van der Waals surface area contributed by atoms with Gasteiger partial charge >= 0.3 is 0 Å². The van der Waals surface area contributed by atoms with E-state index < -0.39 is 0 Å². The van der Waals surface area contributed by atoms with Gasteiger partial charge in [0.1, 0.15) is 12.1 Å². The molecule has 1 saturated carbocycles. The minimum absolute atomic E-state index is 0.0627. The third kappa shape index (κ3) is 7.65. The summed E-state index contributed by atoms with van der Waals surface area (Å²) in [6, 6.07) is 0.479. The molecular formula is C19H40NO+. The monoisotopic (exact) mass is 298 g/mol. The highest BCUT2D eigenvalue weighted by molar-refractivity contribution is 4.75. The van der Waals surface area contributed by atoms with Gasteiger partial charge in [-0.15, -0.1) is 0 Å². The summed E-state index contributed by atoms with van der Waals surface area (Å²) < 4.78 is 1.03. The molecule has 1 rings (SSSR count). The molecule has 0 aromatic heterocycles. The Morgan fingerprint density at radius 2 is 1.33 bits per heavy atom. The molecule has 2 unspecified atom stereocenters. The van der Waals surface area contributed by atoms with E-state index in [9.17, 15) is 5.11 Å². The first kappa shape index (κ1) is 19.0. The molecule has 0 amide bonds. The Hall–Kier alpha value is -0.0800. The lowest BCUT2D eigenvalue weighted by Gasteiger charge is -2.42. The lowest BCUT2D eigenvalue weighted by Crippen LogP contribution is -2.56. The van der Waals surface area contributed by atoms with Crippen LogP contribution in [0.15, 0.2) is 0 Å². The van der Waals surface area contributed by atoms with Gasteiger partial charge in [-0.2, -0.15) is 0 Å². The Morgan fingerprint density at radius 3 is 1.90 bits per heavy atom. The van der Waals surface area contributed by atoms with Crippen LogP contribution in [0.2, 0.25) is 0 Å². The van der Waals surface area contributed by atoms with Crippen LogP contribution in [-0.4, -0.2) is 42.4 Å². The number of aliphatic hydroxyl groups excluding tert-OH is 1. The minimum atomic E-state index is -0.0627. The van der Waals surface area contributed by atoms with Gasteiger partial charge in [0.05, 0.1) is 20.6 Å². The number of aliphatic hydroxyl groups is 1. The normalized spacial score (nSPS) is 23.4. The van der Waals surface area contributed by atoms with Crippen molar-refractivity contribution in [2.75, 3.05) is 20.6 Å². The van der Waals surface area contributed by atoms with Crippen LogP contribution in [0, 0.1) is 0 Å². The van der Waals surface area contributed by atoms with E-state index in [1.807, 2.05) is 0 Å². The van der Waals surface area contributed by atoms with Gasteiger partial charge in [0, 0.05) is 6.42 Å². The Morgan fingerprint density at radius 1 is 0.810 bits per heavy atom. The smallest absolute Gasteiger partial charge is 0.115 e. The van der Waals surface area contributed by atoms with Gasteiger partial charge in [-0.3, -0.25) is 0 Å². The number of unbranched alkanes of at least 4 members (excludes halogenated alkanes) is 8. The third-order valence-corrected chi connectivity index (χ3v) is 5.43. The van der Waals surface area contributed by atoms with Crippen LogP contribution in [0.5, 0.6) is 0 Å². The number of rotatable bonds is 11. The first-order valence-corrected chi connectivity index (χ1v) is 9.58. The van der Waals surface area contributed by atoms with Crippen molar-refractivity contribution < 1.29 is 9.59 Å². The molecule has 2 atom stereocenters. The number of hydrogen-bond acceptors (Lipinski definition) is 1. The standard InChI is InChI=1S/C19H40NO/c1-4-5-6-7-8-9-10-11-14-17-20(2,3)18-15-12-13-16-19(18)21/h18-19,21H,4-17H2,1-3H3/q+1. The van der Waals surface area contributed by atoms with Crippen molar-refractivity contribution in [3.8, 4) is 0 Å². The molecule has 0 aromatic carbocycles. The van der Waals surface area contributed by atoms with Gasteiger partial charge in [0.2, 0.25) is 0 Å². The van der Waals surface area contributed by atoms with Gasteiger partial charge in [-0.25, -0.2) is 0 Å². The molecule has 1 aliphatic carbocycles. The van der Waals surface area contributed by atoms with Crippen molar-refractivity contribution in [3.05, 3.63) is 0 Å². The zero-order valence-electron chi connectivity index (χ0n) is 14.9. The number of quaternary nitrogens is 1. The molecule has 2 heteroatoms. The number of nitrogens with zero attached hydrogens (tertiary/aromatic N) is 1. The predicted octanol–water partition coefficient (Wildman–Crippen LogP) is 4.90. The van der Waals surface area contributed by atoms with Crippen LogP contribution >= 0.6 is 0 Å². The number of hydrogen-bond donors (Lipinski definition) is 1. The Kier molecular flexibility index (Phi) is 9.59. The van der Waals surface area contributed by atoms with Gasteiger partial charge in [0.25, 0.3) is 0 Å². The second-order valence-electron chi connectivity index (χ2n) is 7.75. The topological polar surface area (TPSA) is 20.2 Å². The highest BCUT2D eigenvalue weighted by Crippen LogP contribution is 2.26. The van der Waals surface area contributed by atoms with E-state index >= 15 is 0 Å². The summed E-state index contributed by atoms with van der Waals surface area (Å²) in [7, 11) is 4.65. The van der Waals surface area contributed by atoms with E-state index in [-0.39, 0.29) is 6.10 Å². The van der Waals surface area contributed by atoms with Crippen LogP contribution in [0.3, 0.4) is 0 Å². The molecule has 1 N–H and O–H groups in total. The lowest BCUT2D eigenvalue weighted by molar-refractivity contribution is -0.920. The van der Waals surface area contributed by atoms with E-state index in [1.54, 1.807) is 0 Å². The largest absolute Gasteiger partial charge is 0.387 e. The van der Waals surface area contributed by atoms with Crippen molar-refractivity contribution in [1.29, 1.82) is 0 Å². The summed E-state index contributed by atoms with van der Waals surface area (Å²) in [6.45, 7) is 3.51. The first-order valence-electron chi connectivity index (χ1n) is 9.58. The molecule has 0 spiro atoms. The molecule has 0 aromatic rings. The Bertz CT molecular complexity index is 252. The van der Waals surface area contributed by atoms with Crippen molar-refractivity contribution in [2.24, 2.45) is 0 Å². The van der Waals surface area contributed by atoms with Crippen LogP contribution in [0.1, 0.15) is 90.4 Å². The maximum absolute atomic E-state index is 10.2. The van der Waals surface area contributed by atoms with Crippen LogP contribution in [0.4, 0.5) is 0 Å². The maximum Gasteiger partial charge on any atom is 0.115 e. The zero-order chi connectivity index (χ0) is 15.6. The van der Waals surface area contributed by atoms with Gasteiger partial charge in [-0.05, 0) is 25.7 Å². The summed E-state index contributed by atoms with van der Waals surface area (Å²) in [5.41, 5.74) is 0. The van der Waals surface area contributed by atoms with Crippen molar-refractivity contribution >= 4 is 0 Å². The first-order chi connectivity index (χ1) is 10.1. The Balaban J connectivity index is 2.05. The average Bonchev–Trinajstić information content (AvgIpc) is 2.46. The number of likely N-dealkylation sites (N-methyl/N-ethyl adjacent to an activating group) is 1. The van der Waals surface area contributed by atoms with E-state index in [4.69, 9.17) is 0 Å². The molecule has 0 radical (unpaired) electrons. The molecule has 0 bridgehead atoms. The fourth-order valence-corrected chi connectivity index (χ4v) is 3.90. The average molecular weight is 299 g/mol. The second-order valence-corrected chi connectivity index (χ2v) is 7.75. The molecule has 2 nitrogen and oxygen atoms in total. The molecule has 1 fully saturated rings. The van der Waals surface area contributed by atoms with Crippen LogP contribution in [0.25, 0.3) is 0 Å². The van der Waals surface area contributed by atoms with E-state index in [2.05, 4.69) is 21.0 Å². The minimum Gasteiger partial charge on any atom is -0.387 e. The fourth-order valence-electron chi connectivity index (χ4n) is 3.90. The molecule has 1 aliphatic rings. The van der Waals surface area contributed by atoms with Crippen molar-refractivity contribution in [2.45, 2.75) is 103 Å². The van der Waals surface area contributed by atoms with E-state index in [1.165, 1.54) is 83.6 Å². The zero-order valence-corrected chi connectivity index (χ0v) is 14.9. The molecule has 0 aliphatic heterocycles. The lowest BCUT2D eigenvalue weighted by atomic mass is 9.90. The quantitative estimate of drug-likeness (QED) is 0.425. The summed E-state index contributed by atoms with van der Waals surface area (Å²) >= 11 is 0. The highest BCUT2D eigenvalue weighted by atomic mass is 16.3. The molecule has 21 heavy (non-hydrogen) atoms. The summed E-state index contributed by atoms with van der Waals surface area (Å²) in [6.07, 6.45) is 17.3. The second kappa shape index (κ2) is 10.6. The summed E-state index contributed by atoms with van der Waals surface area (Å²) in [5, 5.41) is 10.2. The van der Waals surface area contributed by atoms with E-state index in [0.717, 1.165) is 10.9 Å². The van der Waals surface area contributed by atoms with Crippen molar-refractivity contribution in [3.63, 3.8) is 0 Å². The summed E-state index contributed by atoms with van der Waals surface area (Å²) in [5.74, 6) is 0. The van der Waals surface area contributed by atoms with Crippen molar-refractivity contribution in [1.82, 2.24) is 0 Å². The molecule has 0 saturated heterocycles. The summed E-state index contributed by atoms with van der Waals surface area (Å²) in [4.78, 5) is 0. The molecule has 126 valence electrons. The van der Waals surface area contributed by atoms with E-state index in [0.29, 0.717) is 6.04 Å². The van der Waals surface area contributed by atoms with Gasteiger partial charge < -0.3 is 9.59 Å². The van der Waals surface area contributed by atoms with Crippen LogP contribution in [-0.2, 0) is 0 Å². The maximum atomic E-state index is 10.2. The SMILES string of the molecule is CCCCCCCCCCC[N+](C)(C)C1CCCCC1O. The molecular weight excluding hydrogens is 258 g/mol. The predicted molar refractivity (Wildman–Crippen MR) is 92.5 cm³/mol. The third-order valence-electron chi connectivity index (χ3n) is 5.43. The molecule has 0 heterocycles. The van der Waals surface area contributed by atoms with Gasteiger partial charge in [0.15, 0.2) is 0 Å². The Labute approximate surface area is 133 Å². The highest BCUT2D eigenvalue weighted by Gasteiger charge is 2.35.